The molecule has 0 bridgehead atoms. The average Bonchev–Trinajstić information content (AvgIpc) is 3.00. The first kappa shape index (κ1) is 12.2. The number of rotatable bonds is 4. The van der Waals surface area contributed by atoms with Gasteiger partial charge in [0.2, 0.25) is 0 Å². The third-order valence-electron chi connectivity index (χ3n) is 3.10. The van der Waals surface area contributed by atoms with Gasteiger partial charge in [-0.3, -0.25) is 4.79 Å². The Morgan fingerprint density at radius 1 is 1.59 bits per heavy atom. The molecular weight excluding hydrogens is 238 g/mol. The molecule has 2 atom stereocenters. The van der Waals surface area contributed by atoms with Gasteiger partial charge in [-0.25, -0.2) is 0 Å². The fraction of sp³-hybridized carbons (Fsp3) is 0.462. The largest absolute Gasteiger partial charge is 0.507 e. The predicted octanol–water partition coefficient (Wildman–Crippen LogP) is 2.96. The maximum atomic E-state index is 11.9. The van der Waals surface area contributed by atoms with Crippen molar-refractivity contribution in [1.29, 1.82) is 0 Å². The Labute approximate surface area is 106 Å². The van der Waals surface area contributed by atoms with Crippen molar-refractivity contribution in [3.63, 3.8) is 0 Å². The number of hydrogen-bond acceptors (Lipinski definition) is 2. The lowest BCUT2D eigenvalue weighted by molar-refractivity contribution is 0.0946. The number of benzene rings is 1. The fourth-order valence-electron chi connectivity index (χ4n) is 2.05. The molecule has 1 saturated carbocycles. The minimum atomic E-state index is -0.242. The molecule has 1 amide bonds. The van der Waals surface area contributed by atoms with Gasteiger partial charge in [0.15, 0.2) is 0 Å². The number of amides is 1. The smallest absolute Gasteiger partial charge is 0.255 e. The van der Waals surface area contributed by atoms with Crippen LogP contribution in [0.1, 0.15) is 36.5 Å². The molecule has 1 fully saturated rings. The summed E-state index contributed by atoms with van der Waals surface area (Å²) in [7, 11) is 0. The molecule has 0 aromatic heterocycles. The van der Waals surface area contributed by atoms with Crippen molar-refractivity contribution in [2.75, 3.05) is 0 Å². The highest BCUT2D eigenvalue weighted by Gasteiger charge is 2.37. The number of phenolic OH excluding ortho intramolecular Hbond substituents is 1. The second kappa shape index (κ2) is 4.96. The molecular formula is C13H16ClNO2. The molecule has 1 aliphatic rings. The molecule has 3 nitrogen and oxygen atoms in total. The molecule has 0 saturated heterocycles. The second-order valence-electron chi connectivity index (χ2n) is 4.53. The number of aromatic hydroxyl groups is 1. The van der Waals surface area contributed by atoms with Gasteiger partial charge in [0.1, 0.15) is 5.75 Å². The Hall–Kier alpha value is -1.22. The highest BCUT2D eigenvalue weighted by molar-refractivity contribution is 6.31. The van der Waals surface area contributed by atoms with E-state index in [0.29, 0.717) is 10.9 Å². The quantitative estimate of drug-likeness (QED) is 0.867. The lowest BCUT2D eigenvalue weighted by Gasteiger charge is -2.06. The van der Waals surface area contributed by atoms with Gasteiger partial charge in [0.25, 0.3) is 5.91 Å². The summed E-state index contributed by atoms with van der Waals surface area (Å²) in [6, 6.07) is 4.75. The van der Waals surface area contributed by atoms with Crippen LogP contribution in [-0.2, 0) is 0 Å². The maximum absolute atomic E-state index is 11.9. The van der Waals surface area contributed by atoms with E-state index >= 15 is 0 Å². The van der Waals surface area contributed by atoms with Crippen LogP contribution < -0.4 is 5.32 Å². The minimum absolute atomic E-state index is 0.0282. The van der Waals surface area contributed by atoms with Crippen molar-refractivity contribution in [3.05, 3.63) is 28.8 Å². The van der Waals surface area contributed by atoms with Crippen molar-refractivity contribution >= 4 is 17.5 Å². The summed E-state index contributed by atoms with van der Waals surface area (Å²) in [5, 5.41) is 13.0. The van der Waals surface area contributed by atoms with Crippen LogP contribution in [0.5, 0.6) is 5.75 Å². The van der Waals surface area contributed by atoms with E-state index in [1.165, 1.54) is 12.1 Å². The van der Waals surface area contributed by atoms with Crippen molar-refractivity contribution in [2.45, 2.75) is 32.2 Å². The monoisotopic (exact) mass is 253 g/mol. The molecule has 2 rings (SSSR count). The zero-order valence-electron chi connectivity index (χ0n) is 9.74. The summed E-state index contributed by atoms with van der Waals surface area (Å²) >= 11 is 5.80. The lowest BCUT2D eigenvalue weighted by Crippen LogP contribution is -2.26. The lowest BCUT2D eigenvalue weighted by atomic mass is 10.2. The maximum Gasteiger partial charge on any atom is 0.255 e. The first-order valence-electron chi connectivity index (χ1n) is 5.91. The SMILES string of the molecule is CCCC1CC1NC(=O)c1cc(Cl)ccc1O. The van der Waals surface area contributed by atoms with Crippen LogP contribution in [0.2, 0.25) is 5.02 Å². The van der Waals surface area contributed by atoms with Gasteiger partial charge < -0.3 is 10.4 Å². The first-order chi connectivity index (χ1) is 8.11. The van der Waals surface area contributed by atoms with E-state index in [1.807, 2.05) is 0 Å². The number of carbonyl (C=O) groups excluding carboxylic acids is 1. The Morgan fingerprint density at radius 2 is 2.35 bits per heavy atom. The third kappa shape index (κ3) is 2.91. The normalized spacial score (nSPS) is 22.2. The van der Waals surface area contributed by atoms with E-state index in [9.17, 15) is 9.90 Å². The summed E-state index contributed by atoms with van der Waals surface area (Å²) in [6.07, 6.45) is 3.33. The van der Waals surface area contributed by atoms with Crippen LogP contribution in [0.25, 0.3) is 0 Å². The molecule has 2 N–H and O–H groups in total. The molecule has 17 heavy (non-hydrogen) atoms. The van der Waals surface area contributed by atoms with Gasteiger partial charge >= 0.3 is 0 Å². The van der Waals surface area contributed by atoms with Crippen LogP contribution in [0.15, 0.2) is 18.2 Å². The van der Waals surface area contributed by atoms with Crippen molar-refractivity contribution in [3.8, 4) is 5.75 Å². The van der Waals surface area contributed by atoms with Gasteiger partial charge in [-0.1, -0.05) is 24.9 Å². The Morgan fingerprint density at radius 3 is 3.06 bits per heavy atom. The fourth-order valence-corrected chi connectivity index (χ4v) is 2.22. The molecule has 92 valence electrons. The summed E-state index contributed by atoms with van der Waals surface area (Å²) in [5.41, 5.74) is 0.250. The van der Waals surface area contributed by atoms with E-state index < -0.39 is 0 Å². The van der Waals surface area contributed by atoms with Crippen LogP contribution >= 0.6 is 11.6 Å². The molecule has 0 radical (unpaired) electrons. The molecule has 0 aliphatic heterocycles. The molecule has 4 heteroatoms. The highest BCUT2D eigenvalue weighted by atomic mass is 35.5. The minimum Gasteiger partial charge on any atom is -0.507 e. The summed E-state index contributed by atoms with van der Waals surface area (Å²) < 4.78 is 0. The van der Waals surface area contributed by atoms with Gasteiger partial charge in [0, 0.05) is 11.1 Å². The zero-order chi connectivity index (χ0) is 12.4. The molecule has 1 aromatic rings. The topological polar surface area (TPSA) is 49.3 Å². The first-order valence-corrected chi connectivity index (χ1v) is 6.29. The van der Waals surface area contributed by atoms with Crippen LogP contribution in [-0.4, -0.2) is 17.1 Å². The molecule has 1 aliphatic carbocycles. The van der Waals surface area contributed by atoms with E-state index in [-0.39, 0.29) is 23.3 Å². The predicted molar refractivity (Wildman–Crippen MR) is 67.4 cm³/mol. The van der Waals surface area contributed by atoms with Crippen molar-refractivity contribution in [1.82, 2.24) is 5.32 Å². The van der Waals surface area contributed by atoms with Gasteiger partial charge in [-0.05, 0) is 37.0 Å². The van der Waals surface area contributed by atoms with E-state index in [4.69, 9.17) is 11.6 Å². The summed E-state index contributed by atoms with van der Waals surface area (Å²) in [5.74, 6) is 0.332. The number of carbonyl (C=O) groups is 1. The number of phenols is 1. The molecule has 0 heterocycles. The average molecular weight is 254 g/mol. The Balaban J connectivity index is 1.98. The highest BCUT2D eigenvalue weighted by Crippen LogP contribution is 2.35. The standard InChI is InChI=1S/C13H16ClNO2/c1-2-3-8-6-11(8)15-13(17)10-7-9(14)4-5-12(10)16/h4-5,7-8,11,16H,2-3,6H2,1H3,(H,15,17). The molecule has 1 aromatic carbocycles. The van der Waals surface area contributed by atoms with Crippen LogP contribution in [0.3, 0.4) is 0 Å². The molecule has 0 spiro atoms. The zero-order valence-corrected chi connectivity index (χ0v) is 10.5. The van der Waals surface area contributed by atoms with Crippen molar-refractivity contribution < 1.29 is 9.90 Å². The van der Waals surface area contributed by atoms with E-state index in [1.54, 1.807) is 6.07 Å². The Kier molecular flexibility index (Phi) is 3.57. The van der Waals surface area contributed by atoms with Gasteiger partial charge in [-0.2, -0.15) is 0 Å². The van der Waals surface area contributed by atoms with Gasteiger partial charge in [-0.15, -0.1) is 0 Å². The summed E-state index contributed by atoms with van der Waals surface area (Å²) in [4.78, 5) is 11.9. The number of hydrogen-bond donors (Lipinski definition) is 2. The third-order valence-corrected chi connectivity index (χ3v) is 3.34. The van der Waals surface area contributed by atoms with Crippen molar-refractivity contribution in [2.24, 2.45) is 5.92 Å². The Bertz CT molecular complexity index is 433. The van der Waals surface area contributed by atoms with Crippen LogP contribution in [0.4, 0.5) is 0 Å². The van der Waals surface area contributed by atoms with Crippen LogP contribution in [0, 0.1) is 5.92 Å². The number of halogens is 1. The van der Waals surface area contributed by atoms with E-state index in [2.05, 4.69) is 12.2 Å². The second-order valence-corrected chi connectivity index (χ2v) is 4.96. The van der Waals surface area contributed by atoms with Gasteiger partial charge in [0.05, 0.1) is 5.56 Å². The molecule has 2 unspecified atom stereocenters. The summed E-state index contributed by atoms with van der Waals surface area (Å²) in [6.45, 7) is 2.14. The number of nitrogens with one attached hydrogen (secondary N) is 1. The van der Waals surface area contributed by atoms with E-state index in [0.717, 1.165) is 19.3 Å².